The highest BCUT2D eigenvalue weighted by molar-refractivity contribution is 6.33. The van der Waals surface area contributed by atoms with Gasteiger partial charge < -0.3 is 9.30 Å². The maximum Gasteiger partial charge on any atom is 0.182 e. The van der Waals surface area contributed by atoms with Crippen LogP contribution in [0.1, 0.15) is 55.0 Å². The van der Waals surface area contributed by atoms with Crippen LogP contribution in [0.3, 0.4) is 0 Å². The first-order valence-electron chi connectivity index (χ1n) is 15.5. The van der Waals surface area contributed by atoms with Crippen molar-refractivity contribution in [3.63, 3.8) is 0 Å². The Morgan fingerprint density at radius 2 is 1.44 bits per heavy atom. The van der Waals surface area contributed by atoms with E-state index in [1.165, 1.54) is 11.1 Å². The van der Waals surface area contributed by atoms with Gasteiger partial charge in [-0.3, -0.25) is 14.6 Å². The van der Waals surface area contributed by atoms with Crippen molar-refractivity contribution in [1.29, 1.82) is 0 Å². The molecular formula is C40H34N2O3. The number of hydrogen-bond acceptors (Lipinski definition) is 4. The summed E-state index contributed by atoms with van der Waals surface area (Å²) in [4.78, 5) is 33.3. The number of aryl methyl sites for hydroxylation is 3. The number of hydrogen-bond donors (Lipinski definition) is 0. The number of carbonyl (C=O) groups excluding carboxylic acids is 2. The quantitative estimate of drug-likeness (QED) is 0.151. The van der Waals surface area contributed by atoms with Gasteiger partial charge in [0.15, 0.2) is 11.6 Å². The maximum atomic E-state index is 14.6. The highest BCUT2D eigenvalue weighted by Crippen LogP contribution is 2.44. The van der Waals surface area contributed by atoms with Crippen molar-refractivity contribution < 1.29 is 14.3 Å². The molecule has 0 N–H and O–H groups in total. The van der Waals surface area contributed by atoms with Crippen LogP contribution in [0.15, 0.2) is 128 Å². The van der Waals surface area contributed by atoms with Crippen molar-refractivity contribution >= 4 is 22.5 Å². The summed E-state index contributed by atoms with van der Waals surface area (Å²) < 4.78 is 8.33. The number of carbonyl (C=O) groups is 2. The lowest BCUT2D eigenvalue weighted by atomic mass is 9.71. The van der Waals surface area contributed by atoms with Crippen molar-refractivity contribution in [2.75, 3.05) is 0 Å². The van der Waals surface area contributed by atoms with Gasteiger partial charge in [0.25, 0.3) is 0 Å². The fraction of sp³-hybridized carbons (Fsp3) is 0.175. The lowest BCUT2D eigenvalue weighted by Crippen LogP contribution is -2.40. The summed E-state index contributed by atoms with van der Waals surface area (Å²) in [7, 11) is 0. The van der Waals surface area contributed by atoms with Crippen LogP contribution in [0.4, 0.5) is 0 Å². The number of rotatable bonds is 10. The summed E-state index contributed by atoms with van der Waals surface area (Å²) in [5, 5.41) is 1.13. The zero-order chi connectivity index (χ0) is 30.8. The zero-order valence-corrected chi connectivity index (χ0v) is 25.3. The number of benzene rings is 4. The molecule has 0 amide bonds. The molecule has 0 saturated heterocycles. The Balaban J connectivity index is 1.26. The average molecular weight is 591 g/mol. The minimum Gasteiger partial charge on any atom is -0.489 e. The monoisotopic (exact) mass is 590 g/mol. The minimum absolute atomic E-state index is 0.174. The Hall–Kier alpha value is -5.29. The van der Waals surface area contributed by atoms with Gasteiger partial charge in [0.1, 0.15) is 17.8 Å². The molecule has 1 unspecified atom stereocenters. The van der Waals surface area contributed by atoms with Crippen LogP contribution in [0, 0.1) is 6.92 Å². The van der Waals surface area contributed by atoms with Crippen molar-refractivity contribution in [3.8, 4) is 5.75 Å². The first kappa shape index (κ1) is 28.5. The molecule has 4 aromatic carbocycles. The first-order chi connectivity index (χ1) is 22.0. The van der Waals surface area contributed by atoms with E-state index in [9.17, 15) is 9.59 Å². The van der Waals surface area contributed by atoms with E-state index < -0.39 is 5.41 Å². The molecule has 0 spiro atoms. The Morgan fingerprint density at radius 3 is 2.20 bits per heavy atom. The molecule has 6 aromatic rings. The summed E-state index contributed by atoms with van der Waals surface area (Å²) in [6.45, 7) is 3.33. The van der Waals surface area contributed by atoms with E-state index >= 15 is 0 Å². The Kier molecular flexibility index (Phi) is 7.60. The molecule has 7 rings (SSSR count). The molecule has 5 heteroatoms. The SMILES string of the molecule is Cc1cn(CCCc2ccccc2)c2cc(C3(Cc4ccncc4)C(=O)c4ccc(OCc5ccccc5)cc4C3=O)ccc12. The molecule has 222 valence electrons. The molecule has 45 heavy (non-hydrogen) atoms. The Morgan fingerprint density at radius 1 is 0.733 bits per heavy atom. The van der Waals surface area contributed by atoms with E-state index in [-0.39, 0.29) is 18.0 Å². The van der Waals surface area contributed by atoms with Gasteiger partial charge in [0, 0.05) is 47.2 Å². The van der Waals surface area contributed by atoms with E-state index in [4.69, 9.17) is 4.74 Å². The normalized spacial score (nSPS) is 15.8. The third kappa shape index (κ3) is 5.35. The van der Waals surface area contributed by atoms with Gasteiger partial charge in [0.2, 0.25) is 0 Å². The summed E-state index contributed by atoms with van der Waals surface area (Å²) in [5.74, 6) is 0.201. The third-order valence-corrected chi connectivity index (χ3v) is 9.00. The average Bonchev–Trinajstić information content (AvgIpc) is 3.51. The van der Waals surface area contributed by atoms with Crippen molar-refractivity contribution in [1.82, 2.24) is 9.55 Å². The number of aromatic nitrogens is 2. The Bertz CT molecular complexity index is 2000. The van der Waals surface area contributed by atoms with E-state index in [2.05, 4.69) is 59.1 Å². The molecule has 2 aromatic heterocycles. The number of ether oxygens (including phenoxy) is 1. The highest BCUT2D eigenvalue weighted by atomic mass is 16.5. The number of pyridine rings is 1. The lowest BCUT2D eigenvalue weighted by molar-refractivity contribution is 0.0793. The summed E-state index contributed by atoms with van der Waals surface area (Å²) in [5.41, 5.74) is 5.62. The molecule has 0 radical (unpaired) electrons. The molecule has 2 heterocycles. The van der Waals surface area contributed by atoms with Crippen molar-refractivity contribution in [2.24, 2.45) is 0 Å². The van der Waals surface area contributed by atoms with E-state index in [1.807, 2.05) is 54.6 Å². The van der Waals surface area contributed by atoms with Crippen LogP contribution in [-0.4, -0.2) is 21.1 Å². The van der Waals surface area contributed by atoms with Crippen LogP contribution >= 0.6 is 0 Å². The molecule has 1 aliphatic rings. The van der Waals surface area contributed by atoms with Crippen LogP contribution in [0.5, 0.6) is 5.75 Å². The van der Waals surface area contributed by atoms with Gasteiger partial charge in [0.05, 0.1) is 0 Å². The maximum absolute atomic E-state index is 14.6. The predicted octanol–water partition coefficient (Wildman–Crippen LogP) is 8.12. The minimum atomic E-state index is -1.39. The zero-order valence-electron chi connectivity index (χ0n) is 25.3. The van der Waals surface area contributed by atoms with Crippen LogP contribution in [0.25, 0.3) is 10.9 Å². The standard InChI is InChI=1S/C40H34N2O3/c1-28-26-42(22-8-13-29-9-4-2-5-10-29)37-23-32(14-16-34(28)37)40(25-30-18-20-41-21-19-30)38(43)35-17-15-33(24-36(35)39(40)44)45-27-31-11-6-3-7-12-31/h2-7,9-12,14-21,23-24,26H,8,13,22,25,27H2,1H3. The largest absolute Gasteiger partial charge is 0.489 e. The van der Waals surface area contributed by atoms with Crippen LogP contribution < -0.4 is 4.74 Å². The second-order valence-corrected chi connectivity index (χ2v) is 11.9. The van der Waals surface area contributed by atoms with Gasteiger partial charge >= 0.3 is 0 Å². The smallest absolute Gasteiger partial charge is 0.182 e. The molecule has 0 aliphatic heterocycles. The van der Waals surface area contributed by atoms with Gasteiger partial charge in [-0.15, -0.1) is 0 Å². The predicted molar refractivity (Wildman–Crippen MR) is 177 cm³/mol. The number of Topliss-reactive ketones (excluding diaryl/α,β-unsaturated/α-hetero) is 2. The van der Waals surface area contributed by atoms with Gasteiger partial charge in [-0.05, 0) is 90.4 Å². The topological polar surface area (TPSA) is 61.2 Å². The molecule has 0 bridgehead atoms. The highest BCUT2D eigenvalue weighted by Gasteiger charge is 2.54. The van der Waals surface area contributed by atoms with Gasteiger partial charge in [-0.1, -0.05) is 72.8 Å². The molecule has 0 fully saturated rings. The first-order valence-corrected chi connectivity index (χ1v) is 15.5. The van der Waals surface area contributed by atoms with Gasteiger partial charge in [-0.25, -0.2) is 0 Å². The summed E-state index contributed by atoms with van der Waals surface area (Å²) >= 11 is 0. The second-order valence-electron chi connectivity index (χ2n) is 11.9. The van der Waals surface area contributed by atoms with E-state index in [0.717, 1.165) is 41.4 Å². The fourth-order valence-electron chi connectivity index (χ4n) is 6.66. The third-order valence-electron chi connectivity index (χ3n) is 9.00. The molecule has 1 aliphatic carbocycles. The van der Waals surface area contributed by atoms with Crippen LogP contribution in [0.2, 0.25) is 0 Å². The molecule has 0 saturated carbocycles. The molecule has 1 atom stereocenters. The molecule has 5 nitrogen and oxygen atoms in total. The van der Waals surface area contributed by atoms with E-state index in [0.29, 0.717) is 29.0 Å². The number of nitrogens with zero attached hydrogens (tertiary/aromatic N) is 2. The summed E-state index contributed by atoms with van der Waals surface area (Å²) in [6, 6.07) is 35.6. The Labute approximate surface area is 263 Å². The number of ketones is 2. The van der Waals surface area contributed by atoms with E-state index in [1.54, 1.807) is 30.6 Å². The van der Waals surface area contributed by atoms with Crippen molar-refractivity contribution in [3.05, 3.63) is 167 Å². The summed E-state index contributed by atoms with van der Waals surface area (Å²) in [6.07, 6.45) is 7.81. The van der Waals surface area contributed by atoms with Gasteiger partial charge in [-0.2, -0.15) is 0 Å². The van der Waals surface area contributed by atoms with Crippen molar-refractivity contribution in [2.45, 2.75) is 44.8 Å². The number of fused-ring (bicyclic) bond motifs is 2. The second kappa shape index (κ2) is 12.0. The van der Waals surface area contributed by atoms with Crippen LogP contribution in [-0.2, 0) is 31.4 Å². The molecular weight excluding hydrogens is 556 g/mol. The lowest BCUT2D eigenvalue weighted by Gasteiger charge is -2.27. The fourth-order valence-corrected chi connectivity index (χ4v) is 6.66.